The Bertz CT molecular complexity index is 274. The first-order valence-corrected chi connectivity index (χ1v) is 7.55. The van der Waals surface area contributed by atoms with Gasteiger partial charge >= 0.3 is 0 Å². The van der Waals surface area contributed by atoms with E-state index in [-0.39, 0.29) is 12.0 Å². The zero-order chi connectivity index (χ0) is 13.5. The predicted octanol–water partition coefficient (Wildman–Crippen LogP) is 0.213. The van der Waals surface area contributed by atoms with Crippen molar-refractivity contribution >= 4 is 5.91 Å². The first-order chi connectivity index (χ1) is 9.24. The number of ether oxygens (including phenoxy) is 1. The van der Waals surface area contributed by atoms with E-state index in [0.717, 1.165) is 26.2 Å². The van der Waals surface area contributed by atoms with Crippen molar-refractivity contribution in [3.05, 3.63) is 0 Å². The van der Waals surface area contributed by atoms with Crippen LogP contribution in [-0.4, -0.2) is 62.8 Å². The fourth-order valence-corrected chi connectivity index (χ4v) is 2.79. The number of likely N-dealkylation sites (tertiary alicyclic amines) is 1. The van der Waals surface area contributed by atoms with Gasteiger partial charge in [-0.25, -0.2) is 0 Å². The van der Waals surface area contributed by atoms with Crippen LogP contribution < -0.4 is 10.6 Å². The molecule has 2 rings (SSSR count). The number of carbonyl (C=O) groups is 1. The van der Waals surface area contributed by atoms with E-state index in [1.807, 2.05) is 0 Å². The topological polar surface area (TPSA) is 53.6 Å². The Morgan fingerprint density at radius 3 is 2.95 bits per heavy atom. The Labute approximate surface area is 116 Å². The molecule has 2 heterocycles. The highest BCUT2D eigenvalue weighted by Crippen LogP contribution is 2.09. The van der Waals surface area contributed by atoms with Gasteiger partial charge in [0.1, 0.15) is 0 Å². The molecule has 2 atom stereocenters. The number of nitrogens with zero attached hydrogens (tertiary/aromatic N) is 1. The second-order valence-electron chi connectivity index (χ2n) is 5.82. The summed E-state index contributed by atoms with van der Waals surface area (Å²) >= 11 is 0. The highest BCUT2D eigenvalue weighted by atomic mass is 16.5. The number of carbonyl (C=O) groups excluding carboxylic acids is 1. The largest absolute Gasteiger partial charge is 0.375 e. The van der Waals surface area contributed by atoms with Gasteiger partial charge in [0.25, 0.3) is 0 Å². The summed E-state index contributed by atoms with van der Waals surface area (Å²) < 4.78 is 5.53. The zero-order valence-corrected chi connectivity index (χ0v) is 12.0. The van der Waals surface area contributed by atoms with E-state index in [9.17, 15) is 4.79 Å². The molecule has 110 valence electrons. The second-order valence-corrected chi connectivity index (χ2v) is 5.82. The van der Waals surface area contributed by atoms with Crippen molar-refractivity contribution in [2.24, 2.45) is 5.92 Å². The first-order valence-electron chi connectivity index (χ1n) is 7.55. The number of hydrogen-bond acceptors (Lipinski definition) is 4. The maximum Gasteiger partial charge on any atom is 0.222 e. The highest BCUT2D eigenvalue weighted by Gasteiger charge is 2.18. The van der Waals surface area contributed by atoms with Gasteiger partial charge in [-0.2, -0.15) is 0 Å². The molecule has 19 heavy (non-hydrogen) atoms. The number of rotatable bonds is 6. The summed E-state index contributed by atoms with van der Waals surface area (Å²) in [5.74, 6) is 0.634. The second kappa shape index (κ2) is 7.82. The van der Waals surface area contributed by atoms with Crippen molar-refractivity contribution in [2.45, 2.75) is 32.3 Å². The third kappa shape index (κ3) is 5.47. The van der Waals surface area contributed by atoms with Gasteiger partial charge in [0.05, 0.1) is 19.1 Å². The fraction of sp³-hybridized carbons (Fsp3) is 0.929. The molecule has 0 bridgehead atoms. The third-order valence-corrected chi connectivity index (χ3v) is 3.83. The highest BCUT2D eigenvalue weighted by molar-refractivity contribution is 5.76. The van der Waals surface area contributed by atoms with E-state index >= 15 is 0 Å². The average Bonchev–Trinajstić information content (AvgIpc) is 2.90. The standard InChI is InChI=1S/C14H27N3O2/c1-12(11-17-5-2-3-6-17)9-16-14(18)8-13-10-15-4-7-19-13/h12-13,15H,2-11H2,1H3,(H,16,18). The Hall–Kier alpha value is -0.650. The van der Waals surface area contributed by atoms with Gasteiger partial charge in [-0.05, 0) is 31.8 Å². The predicted molar refractivity (Wildman–Crippen MR) is 75.1 cm³/mol. The molecule has 0 aliphatic carbocycles. The maximum absolute atomic E-state index is 11.8. The minimum Gasteiger partial charge on any atom is -0.375 e. The zero-order valence-electron chi connectivity index (χ0n) is 12.0. The number of amides is 1. The lowest BCUT2D eigenvalue weighted by molar-refractivity contribution is -0.124. The van der Waals surface area contributed by atoms with Gasteiger partial charge in [0.15, 0.2) is 0 Å². The summed E-state index contributed by atoms with van der Waals surface area (Å²) in [6.07, 6.45) is 3.17. The Morgan fingerprint density at radius 1 is 1.47 bits per heavy atom. The van der Waals surface area contributed by atoms with Crippen LogP contribution in [0.15, 0.2) is 0 Å². The lowest BCUT2D eigenvalue weighted by Gasteiger charge is -2.24. The smallest absolute Gasteiger partial charge is 0.222 e. The van der Waals surface area contributed by atoms with Crippen LogP contribution in [0.25, 0.3) is 0 Å². The molecular weight excluding hydrogens is 242 g/mol. The molecule has 0 radical (unpaired) electrons. The van der Waals surface area contributed by atoms with Crippen LogP contribution in [0.3, 0.4) is 0 Å². The van der Waals surface area contributed by atoms with Crippen LogP contribution >= 0.6 is 0 Å². The van der Waals surface area contributed by atoms with Crippen LogP contribution in [0.4, 0.5) is 0 Å². The van der Waals surface area contributed by atoms with Crippen molar-refractivity contribution in [3.8, 4) is 0 Å². The summed E-state index contributed by atoms with van der Waals surface area (Å²) in [6, 6.07) is 0. The molecule has 2 saturated heterocycles. The van der Waals surface area contributed by atoms with E-state index in [1.54, 1.807) is 0 Å². The van der Waals surface area contributed by atoms with E-state index in [2.05, 4.69) is 22.5 Å². The number of morpholine rings is 1. The van der Waals surface area contributed by atoms with E-state index in [1.165, 1.54) is 25.9 Å². The maximum atomic E-state index is 11.8. The van der Waals surface area contributed by atoms with Gasteiger partial charge < -0.3 is 20.3 Å². The van der Waals surface area contributed by atoms with Gasteiger partial charge in [0.2, 0.25) is 5.91 Å². The van der Waals surface area contributed by atoms with Crippen molar-refractivity contribution in [1.82, 2.24) is 15.5 Å². The fourth-order valence-electron chi connectivity index (χ4n) is 2.79. The molecule has 0 aromatic carbocycles. The van der Waals surface area contributed by atoms with Crippen molar-refractivity contribution < 1.29 is 9.53 Å². The summed E-state index contributed by atoms with van der Waals surface area (Å²) in [7, 11) is 0. The Balaban J connectivity index is 1.56. The van der Waals surface area contributed by atoms with Crippen LogP contribution in [0, 0.1) is 5.92 Å². The molecule has 5 heteroatoms. The molecule has 2 aliphatic rings. The molecule has 2 N–H and O–H groups in total. The van der Waals surface area contributed by atoms with E-state index in [4.69, 9.17) is 4.74 Å². The normalized spacial score (nSPS) is 26.3. The molecular formula is C14H27N3O2. The lowest BCUT2D eigenvalue weighted by atomic mass is 10.1. The van der Waals surface area contributed by atoms with Crippen LogP contribution in [0.2, 0.25) is 0 Å². The first kappa shape index (κ1) is 14.8. The summed E-state index contributed by atoms with van der Waals surface area (Å²) in [5.41, 5.74) is 0. The van der Waals surface area contributed by atoms with E-state index in [0.29, 0.717) is 18.9 Å². The Kier molecular flexibility index (Phi) is 6.07. The molecule has 2 fully saturated rings. The summed E-state index contributed by atoms with van der Waals surface area (Å²) in [6.45, 7) is 8.92. The minimum atomic E-state index is 0.0441. The molecule has 0 aromatic rings. The molecule has 2 unspecified atom stereocenters. The molecule has 0 spiro atoms. The average molecular weight is 269 g/mol. The quantitative estimate of drug-likeness (QED) is 0.724. The molecule has 2 aliphatic heterocycles. The molecule has 0 aromatic heterocycles. The van der Waals surface area contributed by atoms with Crippen LogP contribution in [0.5, 0.6) is 0 Å². The summed E-state index contributed by atoms with van der Waals surface area (Å²) in [5, 5.41) is 6.27. The van der Waals surface area contributed by atoms with Crippen molar-refractivity contribution in [1.29, 1.82) is 0 Å². The van der Waals surface area contributed by atoms with Gasteiger partial charge in [-0.15, -0.1) is 0 Å². The molecule has 1 amide bonds. The minimum absolute atomic E-state index is 0.0441. The third-order valence-electron chi connectivity index (χ3n) is 3.83. The van der Waals surface area contributed by atoms with Crippen molar-refractivity contribution in [2.75, 3.05) is 45.9 Å². The molecule has 5 nitrogen and oxygen atoms in total. The van der Waals surface area contributed by atoms with Gasteiger partial charge in [-0.3, -0.25) is 4.79 Å². The van der Waals surface area contributed by atoms with Crippen LogP contribution in [0.1, 0.15) is 26.2 Å². The number of nitrogens with one attached hydrogen (secondary N) is 2. The lowest BCUT2D eigenvalue weighted by Crippen LogP contribution is -2.42. The monoisotopic (exact) mass is 269 g/mol. The Morgan fingerprint density at radius 2 is 2.26 bits per heavy atom. The van der Waals surface area contributed by atoms with Gasteiger partial charge in [-0.1, -0.05) is 6.92 Å². The van der Waals surface area contributed by atoms with E-state index < -0.39 is 0 Å². The molecule has 0 saturated carbocycles. The van der Waals surface area contributed by atoms with Gasteiger partial charge in [0, 0.05) is 26.2 Å². The number of hydrogen-bond donors (Lipinski definition) is 2. The summed E-state index contributed by atoms with van der Waals surface area (Å²) in [4.78, 5) is 14.3. The van der Waals surface area contributed by atoms with Crippen molar-refractivity contribution in [3.63, 3.8) is 0 Å². The SMILES string of the molecule is CC(CNC(=O)CC1CNCCO1)CN1CCCC1. The van der Waals surface area contributed by atoms with Crippen LogP contribution in [-0.2, 0) is 9.53 Å².